The van der Waals surface area contributed by atoms with Crippen molar-refractivity contribution in [3.05, 3.63) is 66.9 Å². The van der Waals surface area contributed by atoms with Crippen LogP contribution in [0.5, 0.6) is 0 Å². The SMILES string of the molecule is c1ccc(-c2ccc(-c3nnc4ccccn34)o2)cc1. The largest absolute Gasteiger partial charge is 0.453 e. The highest BCUT2D eigenvalue weighted by Crippen LogP contribution is 2.27. The Labute approximate surface area is 115 Å². The summed E-state index contributed by atoms with van der Waals surface area (Å²) in [5.74, 6) is 2.25. The van der Waals surface area contributed by atoms with E-state index in [9.17, 15) is 0 Å². The topological polar surface area (TPSA) is 43.3 Å². The van der Waals surface area contributed by atoms with Gasteiger partial charge in [0.05, 0.1) is 0 Å². The molecule has 0 saturated carbocycles. The molecule has 3 heterocycles. The Balaban J connectivity index is 1.82. The van der Waals surface area contributed by atoms with Crippen LogP contribution in [0.15, 0.2) is 71.3 Å². The molecule has 0 fully saturated rings. The standard InChI is InChI=1S/C16H11N3O/c1-2-6-12(7-3-1)13-9-10-14(20-13)16-18-17-15-8-4-5-11-19(15)16/h1-11H. The summed E-state index contributed by atoms with van der Waals surface area (Å²) in [7, 11) is 0. The molecule has 0 saturated heterocycles. The smallest absolute Gasteiger partial charge is 0.204 e. The number of furan rings is 1. The van der Waals surface area contributed by atoms with Crippen molar-refractivity contribution >= 4 is 5.65 Å². The van der Waals surface area contributed by atoms with E-state index in [4.69, 9.17) is 4.42 Å². The van der Waals surface area contributed by atoms with E-state index in [-0.39, 0.29) is 0 Å². The first kappa shape index (κ1) is 11.0. The number of benzene rings is 1. The fourth-order valence-corrected chi connectivity index (χ4v) is 2.23. The lowest BCUT2D eigenvalue weighted by Gasteiger charge is -1.97. The van der Waals surface area contributed by atoms with Crippen LogP contribution < -0.4 is 0 Å². The minimum Gasteiger partial charge on any atom is -0.453 e. The predicted molar refractivity (Wildman–Crippen MR) is 76.1 cm³/mol. The molecule has 0 aliphatic carbocycles. The fourth-order valence-electron chi connectivity index (χ4n) is 2.23. The molecule has 0 atom stereocenters. The molecule has 0 bridgehead atoms. The zero-order valence-electron chi connectivity index (χ0n) is 10.6. The molecular formula is C16H11N3O. The van der Waals surface area contributed by atoms with Gasteiger partial charge in [-0.3, -0.25) is 4.40 Å². The van der Waals surface area contributed by atoms with Gasteiger partial charge < -0.3 is 4.42 Å². The first-order valence-corrected chi connectivity index (χ1v) is 6.37. The summed E-state index contributed by atoms with van der Waals surface area (Å²) in [5.41, 5.74) is 1.85. The molecule has 1 aromatic carbocycles. The third kappa shape index (κ3) is 1.70. The number of pyridine rings is 1. The predicted octanol–water partition coefficient (Wildman–Crippen LogP) is 3.66. The van der Waals surface area contributed by atoms with E-state index in [1.165, 1.54) is 0 Å². The average molecular weight is 261 g/mol. The zero-order valence-corrected chi connectivity index (χ0v) is 10.6. The second-order valence-corrected chi connectivity index (χ2v) is 4.48. The minimum atomic E-state index is 0.711. The van der Waals surface area contributed by atoms with Crippen LogP contribution >= 0.6 is 0 Å². The summed E-state index contributed by atoms with van der Waals surface area (Å²) in [6.07, 6.45) is 1.93. The summed E-state index contributed by atoms with van der Waals surface area (Å²) >= 11 is 0. The number of aromatic nitrogens is 3. The van der Waals surface area contributed by atoms with E-state index in [2.05, 4.69) is 10.2 Å². The summed E-state index contributed by atoms with van der Waals surface area (Å²) in [5, 5.41) is 8.32. The molecule has 0 aliphatic rings. The molecule has 0 spiro atoms. The van der Waals surface area contributed by atoms with E-state index in [1.807, 2.05) is 71.3 Å². The Hall–Kier alpha value is -2.88. The summed E-state index contributed by atoms with van der Waals surface area (Å²) in [6, 6.07) is 19.7. The number of fused-ring (bicyclic) bond motifs is 1. The molecule has 4 heteroatoms. The van der Waals surface area contributed by atoms with Gasteiger partial charge in [0, 0.05) is 11.8 Å². The van der Waals surface area contributed by atoms with Crippen LogP contribution in [-0.4, -0.2) is 14.6 Å². The Morgan fingerprint density at radius 1 is 0.750 bits per heavy atom. The molecule has 0 unspecified atom stereocenters. The van der Waals surface area contributed by atoms with E-state index in [0.29, 0.717) is 11.6 Å². The molecule has 0 radical (unpaired) electrons. The molecule has 20 heavy (non-hydrogen) atoms. The summed E-state index contributed by atoms with van der Waals surface area (Å²) in [4.78, 5) is 0. The van der Waals surface area contributed by atoms with Gasteiger partial charge in [0.15, 0.2) is 11.4 Å². The van der Waals surface area contributed by atoms with E-state index in [1.54, 1.807) is 0 Å². The van der Waals surface area contributed by atoms with Gasteiger partial charge >= 0.3 is 0 Å². The Kier molecular flexibility index (Phi) is 2.39. The van der Waals surface area contributed by atoms with Crippen molar-refractivity contribution in [3.8, 4) is 22.9 Å². The van der Waals surface area contributed by atoms with Crippen molar-refractivity contribution in [3.63, 3.8) is 0 Å². The molecule has 0 amide bonds. The third-order valence-electron chi connectivity index (χ3n) is 3.20. The van der Waals surface area contributed by atoms with Crippen LogP contribution in [-0.2, 0) is 0 Å². The van der Waals surface area contributed by atoms with Gasteiger partial charge in [-0.15, -0.1) is 10.2 Å². The van der Waals surface area contributed by atoms with Gasteiger partial charge in [-0.25, -0.2) is 0 Å². The molecule has 4 rings (SSSR count). The minimum absolute atomic E-state index is 0.711. The molecule has 4 nitrogen and oxygen atoms in total. The maximum Gasteiger partial charge on any atom is 0.204 e. The van der Waals surface area contributed by atoms with Crippen LogP contribution in [0.4, 0.5) is 0 Å². The van der Waals surface area contributed by atoms with Crippen molar-refractivity contribution in [2.75, 3.05) is 0 Å². The highest BCUT2D eigenvalue weighted by molar-refractivity contribution is 5.62. The lowest BCUT2D eigenvalue weighted by molar-refractivity contribution is 0.591. The van der Waals surface area contributed by atoms with Crippen LogP contribution in [0.25, 0.3) is 28.6 Å². The lowest BCUT2D eigenvalue weighted by atomic mass is 10.2. The molecule has 0 aliphatic heterocycles. The van der Waals surface area contributed by atoms with Gasteiger partial charge in [-0.1, -0.05) is 36.4 Å². The molecule has 3 aromatic heterocycles. The Morgan fingerprint density at radius 3 is 2.45 bits per heavy atom. The third-order valence-corrected chi connectivity index (χ3v) is 3.20. The lowest BCUT2D eigenvalue weighted by Crippen LogP contribution is -1.86. The van der Waals surface area contributed by atoms with E-state index >= 15 is 0 Å². The van der Waals surface area contributed by atoms with Crippen molar-refractivity contribution in [1.29, 1.82) is 0 Å². The van der Waals surface area contributed by atoms with E-state index in [0.717, 1.165) is 17.0 Å². The van der Waals surface area contributed by atoms with Gasteiger partial charge in [0.1, 0.15) is 5.76 Å². The van der Waals surface area contributed by atoms with Gasteiger partial charge in [0.2, 0.25) is 5.82 Å². The van der Waals surface area contributed by atoms with Crippen LogP contribution in [0, 0.1) is 0 Å². The van der Waals surface area contributed by atoms with Gasteiger partial charge in [0.25, 0.3) is 0 Å². The molecule has 96 valence electrons. The quantitative estimate of drug-likeness (QED) is 0.553. The highest BCUT2D eigenvalue weighted by atomic mass is 16.3. The number of hydrogen-bond acceptors (Lipinski definition) is 3. The number of rotatable bonds is 2. The van der Waals surface area contributed by atoms with Crippen LogP contribution in [0.3, 0.4) is 0 Å². The molecule has 0 N–H and O–H groups in total. The Bertz CT molecular complexity index is 861. The average Bonchev–Trinajstić information content (AvgIpc) is 3.14. The van der Waals surface area contributed by atoms with Crippen molar-refractivity contribution in [2.45, 2.75) is 0 Å². The maximum atomic E-state index is 5.90. The van der Waals surface area contributed by atoms with Crippen LogP contribution in [0.2, 0.25) is 0 Å². The second-order valence-electron chi connectivity index (χ2n) is 4.48. The van der Waals surface area contributed by atoms with E-state index < -0.39 is 0 Å². The monoisotopic (exact) mass is 261 g/mol. The fraction of sp³-hybridized carbons (Fsp3) is 0. The second kappa shape index (κ2) is 4.35. The maximum absolute atomic E-state index is 5.90. The first-order valence-electron chi connectivity index (χ1n) is 6.37. The number of hydrogen-bond donors (Lipinski definition) is 0. The molecular weight excluding hydrogens is 250 g/mol. The van der Waals surface area contributed by atoms with Crippen LogP contribution in [0.1, 0.15) is 0 Å². The highest BCUT2D eigenvalue weighted by Gasteiger charge is 2.12. The normalized spacial score (nSPS) is 11.0. The zero-order chi connectivity index (χ0) is 13.4. The first-order chi connectivity index (χ1) is 9.92. The molecule has 4 aromatic rings. The van der Waals surface area contributed by atoms with Gasteiger partial charge in [-0.2, -0.15) is 0 Å². The van der Waals surface area contributed by atoms with Crippen molar-refractivity contribution in [1.82, 2.24) is 14.6 Å². The van der Waals surface area contributed by atoms with Crippen molar-refractivity contribution < 1.29 is 4.42 Å². The summed E-state index contributed by atoms with van der Waals surface area (Å²) in [6.45, 7) is 0. The van der Waals surface area contributed by atoms with Gasteiger partial charge in [-0.05, 0) is 24.3 Å². The van der Waals surface area contributed by atoms with Crippen molar-refractivity contribution in [2.24, 2.45) is 0 Å². The summed E-state index contributed by atoms with van der Waals surface area (Å²) < 4.78 is 7.81. The number of nitrogens with zero attached hydrogens (tertiary/aromatic N) is 3. The Morgan fingerprint density at radius 2 is 1.55 bits per heavy atom.